The molecule has 8 heteroatoms. The average molecular weight is 402 g/mol. The van der Waals surface area contributed by atoms with Crippen LogP contribution in [0, 0.1) is 0 Å². The molecule has 2 rings (SSSR count). The van der Waals surface area contributed by atoms with E-state index in [4.69, 9.17) is 4.74 Å². The summed E-state index contributed by atoms with van der Waals surface area (Å²) in [5.74, 6) is -1.20. The quantitative estimate of drug-likeness (QED) is 0.500. The fourth-order valence-corrected chi connectivity index (χ4v) is 3.32. The number of rotatable bonds is 8. The number of carbonyl (C=O) groups excluding carboxylic acids is 2. The summed E-state index contributed by atoms with van der Waals surface area (Å²) in [6.45, 7) is 3.42. The van der Waals surface area contributed by atoms with Gasteiger partial charge in [-0.25, -0.2) is 17.5 Å². The molecule has 0 unspecified atom stereocenters. The maximum Gasteiger partial charge on any atom is 0.338 e. The Morgan fingerprint density at radius 1 is 1.07 bits per heavy atom. The zero-order chi connectivity index (χ0) is 20.7. The van der Waals surface area contributed by atoms with Gasteiger partial charge in [0.2, 0.25) is 10.0 Å². The van der Waals surface area contributed by atoms with Crippen LogP contribution >= 0.6 is 0 Å². The first-order valence-corrected chi connectivity index (χ1v) is 9.87. The van der Waals surface area contributed by atoms with Crippen molar-refractivity contribution < 1.29 is 22.7 Å². The van der Waals surface area contributed by atoms with Crippen LogP contribution in [0.25, 0.3) is 0 Å². The third-order valence-electron chi connectivity index (χ3n) is 3.86. The predicted molar refractivity (Wildman–Crippen MR) is 107 cm³/mol. The Morgan fingerprint density at radius 3 is 2.36 bits per heavy atom. The molecule has 2 aromatic carbocycles. The Bertz CT molecular complexity index is 956. The van der Waals surface area contributed by atoms with Crippen molar-refractivity contribution in [2.75, 3.05) is 32.1 Å². The van der Waals surface area contributed by atoms with Crippen molar-refractivity contribution in [2.24, 2.45) is 0 Å². The number of ether oxygens (including phenoxy) is 1. The van der Waals surface area contributed by atoms with E-state index in [9.17, 15) is 18.0 Å². The summed E-state index contributed by atoms with van der Waals surface area (Å²) >= 11 is 0. The van der Waals surface area contributed by atoms with Crippen LogP contribution in [0.2, 0.25) is 0 Å². The van der Waals surface area contributed by atoms with Crippen molar-refractivity contribution in [3.8, 4) is 0 Å². The van der Waals surface area contributed by atoms with Gasteiger partial charge in [-0.15, -0.1) is 6.58 Å². The van der Waals surface area contributed by atoms with E-state index in [0.717, 1.165) is 4.31 Å². The first-order valence-electron chi connectivity index (χ1n) is 8.43. The van der Waals surface area contributed by atoms with Crippen LogP contribution in [0.1, 0.15) is 10.4 Å². The van der Waals surface area contributed by atoms with E-state index >= 15 is 0 Å². The molecule has 148 valence electrons. The van der Waals surface area contributed by atoms with Crippen molar-refractivity contribution in [3.63, 3.8) is 0 Å². The van der Waals surface area contributed by atoms with Gasteiger partial charge < -0.3 is 9.64 Å². The van der Waals surface area contributed by atoms with E-state index in [0.29, 0.717) is 5.69 Å². The zero-order valence-electron chi connectivity index (χ0n) is 15.7. The van der Waals surface area contributed by atoms with Crippen LogP contribution in [0.3, 0.4) is 0 Å². The van der Waals surface area contributed by atoms with Gasteiger partial charge >= 0.3 is 5.97 Å². The first-order chi connectivity index (χ1) is 13.3. The second-order valence-corrected chi connectivity index (χ2v) is 8.17. The number of para-hydroxylation sites is 1. The number of hydrogen-bond donors (Lipinski definition) is 0. The molecule has 0 aliphatic rings. The number of nitrogens with zero attached hydrogens (tertiary/aromatic N) is 2. The molecule has 0 radical (unpaired) electrons. The highest BCUT2D eigenvalue weighted by atomic mass is 32.2. The van der Waals surface area contributed by atoms with E-state index in [1.807, 2.05) is 6.07 Å². The maximum atomic E-state index is 12.5. The van der Waals surface area contributed by atoms with Crippen molar-refractivity contribution in [2.45, 2.75) is 4.90 Å². The second-order valence-electron chi connectivity index (χ2n) is 6.02. The van der Waals surface area contributed by atoms with Gasteiger partial charge in [-0.2, -0.15) is 0 Å². The molecule has 0 bridgehead atoms. The molecule has 0 atom stereocenters. The number of anilines is 1. The lowest BCUT2D eigenvalue weighted by Crippen LogP contribution is -2.34. The topological polar surface area (TPSA) is 84.0 Å². The maximum absolute atomic E-state index is 12.5. The fourth-order valence-electron chi connectivity index (χ4n) is 2.37. The molecule has 0 saturated heterocycles. The Kier molecular flexibility index (Phi) is 7.08. The van der Waals surface area contributed by atoms with E-state index in [1.165, 1.54) is 43.3 Å². The van der Waals surface area contributed by atoms with Crippen LogP contribution in [0.4, 0.5) is 5.69 Å². The van der Waals surface area contributed by atoms with Gasteiger partial charge in [0, 0.05) is 26.3 Å². The Hall–Kier alpha value is -2.97. The van der Waals surface area contributed by atoms with Gasteiger partial charge in [0.05, 0.1) is 10.5 Å². The molecule has 0 aliphatic carbocycles. The third kappa shape index (κ3) is 5.05. The summed E-state index contributed by atoms with van der Waals surface area (Å²) in [6, 6.07) is 14.4. The molecule has 0 heterocycles. The second kappa shape index (κ2) is 9.29. The van der Waals surface area contributed by atoms with Gasteiger partial charge in [0.25, 0.3) is 5.91 Å². The molecule has 0 aliphatic heterocycles. The molecule has 1 amide bonds. The van der Waals surface area contributed by atoms with E-state index in [1.54, 1.807) is 30.3 Å². The van der Waals surface area contributed by atoms with Crippen molar-refractivity contribution in [3.05, 3.63) is 72.8 Å². The number of carbonyl (C=O) groups is 2. The predicted octanol–water partition coefficient (Wildman–Crippen LogP) is 2.31. The van der Waals surface area contributed by atoms with Gasteiger partial charge in [-0.05, 0) is 30.3 Å². The summed E-state index contributed by atoms with van der Waals surface area (Å²) in [5.41, 5.74) is 0.702. The smallest absolute Gasteiger partial charge is 0.338 e. The lowest BCUT2D eigenvalue weighted by Gasteiger charge is -2.21. The largest absolute Gasteiger partial charge is 0.452 e. The van der Waals surface area contributed by atoms with Gasteiger partial charge in [0.15, 0.2) is 6.61 Å². The average Bonchev–Trinajstić information content (AvgIpc) is 2.70. The van der Waals surface area contributed by atoms with E-state index in [2.05, 4.69) is 6.58 Å². The summed E-state index contributed by atoms with van der Waals surface area (Å²) in [7, 11) is -0.883. The summed E-state index contributed by atoms with van der Waals surface area (Å²) in [5, 5.41) is 0. The minimum absolute atomic E-state index is 0.0316. The Balaban J connectivity index is 2.11. The highest BCUT2D eigenvalue weighted by molar-refractivity contribution is 7.89. The number of benzene rings is 2. The standard InChI is InChI=1S/C20H22N2O5S/c1-4-13-22(17-10-6-5-7-11-17)19(23)15-27-20(24)16-9-8-12-18(14-16)28(25,26)21(2)3/h4-12,14H,1,13,15H2,2-3H3. The molecule has 0 spiro atoms. The van der Waals surface area contributed by atoms with E-state index < -0.39 is 28.5 Å². The van der Waals surface area contributed by atoms with Crippen molar-refractivity contribution in [1.29, 1.82) is 0 Å². The van der Waals surface area contributed by atoms with Crippen LogP contribution in [0.15, 0.2) is 72.1 Å². The number of sulfonamides is 1. The molecule has 28 heavy (non-hydrogen) atoms. The summed E-state index contributed by atoms with van der Waals surface area (Å²) in [4.78, 5) is 26.2. The lowest BCUT2D eigenvalue weighted by molar-refractivity contribution is -0.121. The van der Waals surface area contributed by atoms with Gasteiger partial charge in [-0.1, -0.05) is 30.3 Å². The van der Waals surface area contributed by atoms with Crippen LogP contribution in [0.5, 0.6) is 0 Å². The molecule has 7 nitrogen and oxygen atoms in total. The van der Waals surface area contributed by atoms with Crippen LogP contribution in [-0.2, 0) is 19.6 Å². The molecule has 2 aromatic rings. The molecule has 0 N–H and O–H groups in total. The fraction of sp³-hybridized carbons (Fsp3) is 0.200. The summed E-state index contributed by atoms with van der Waals surface area (Å²) in [6.07, 6.45) is 1.57. The lowest BCUT2D eigenvalue weighted by atomic mass is 10.2. The number of hydrogen-bond acceptors (Lipinski definition) is 5. The summed E-state index contributed by atoms with van der Waals surface area (Å²) < 4.78 is 30.5. The first kappa shape index (κ1) is 21.3. The van der Waals surface area contributed by atoms with Crippen molar-refractivity contribution >= 4 is 27.6 Å². The third-order valence-corrected chi connectivity index (χ3v) is 5.67. The minimum atomic E-state index is -3.68. The molecular weight excluding hydrogens is 380 g/mol. The molecule has 0 fully saturated rings. The van der Waals surface area contributed by atoms with Crippen LogP contribution < -0.4 is 4.90 Å². The number of esters is 1. The SMILES string of the molecule is C=CCN(C(=O)COC(=O)c1cccc(S(=O)(=O)N(C)C)c1)c1ccccc1. The molecule has 0 aromatic heterocycles. The Labute approximate surface area is 164 Å². The van der Waals surface area contributed by atoms with Gasteiger partial charge in [-0.3, -0.25) is 4.79 Å². The monoisotopic (exact) mass is 402 g/mol. The number of amides is 1. The minimum Gasteiger partial charge on any atom is -0.452 e. The Morgan fingerprint density at radius 2 is 1.75 bits per heavy atom. The molecule has 0 saturated carbocycles. The highest BCUT2D eigenvalue weighted by Crippen LogP contribution is 2.16. The van der Waals surface area contributed by atoms with Crippen LogP contribution in [-0.4, -0.2) is 51.8 Å². The van der Waals surface area contributed by atoms with E-state index in [-0.39, 0.29) is 17.0 Å². The zero-order valence-corrected chi connectivity index (χ0v) is 16.6. The normalized spacial score (nSPS) is 11.1. The highest BCUT2D eigenvalue weighted by Gasteiger charge is 2.21. The van der Waals surface area contributed by atoms with Crippen molar-refractivity contribution in [1.82, 2.24) is 4.31 Å². The van der Waals surface area contributed by atoms with Gasteiger partial charge in [0.1, 0.15) is 0 Å². The molecular formula is C20H22N2O5S.